The van der Waals surface area contributed by atoms with E-state index in [0.29, 0.717) is 18.1 Å². The van der Waals surface area contributed by atoms with Crippen LogP contribution >= 0.6 is 0 Å². The Kier molecular flexibility index (Phi) is 4.73. The molecule has 2 aromatic carbocycles. The van der Waals surface area contributed by atoms with E-state index >= 15 is 0 Å². The second-order valence-electron chi connectivity index (χ2n) is 6.54. The Morgan fingerprint density at radius 2 is 1.93 bits per heavy atom. The fourth-order valence-corrected chi connectivity index (χ4v) is 3.41. The summed E-state index contributed by atoms with van der Waals surface area (Å²) in [7, 11) is 0. The van der Waals surface area contributed by atoms with Crippen LogP contribution in [0.5, 0.6) is 11.6 Å². The predicted octanol–water partition coefficient (Wildman–Crippen LogP) is 3.77. The molecular weight excluding hydrogens is 352 g/mol. The molecule has 3 aromatic rings. The molecule has 0 radical (unpaired) electrons. The molecule has 6 nitrogen and oxygen atoms in total. The second-order valence-corrected chi connectivity index (χ2v) is 6.54. The average Bonchev–Trinajstić information content (AvgIpc) is 3.15. The van der Waals surface area contributed by atoms with Crippen molar-refractivity contribution in [1.29, 1.82) is 5.26 Å². The Labute approximate surface area is 163 Å². The van der Waals surface area contributed by atoms with Crippen molar-refractivity contribution in [1.82, 2.24) is 10.2 Å². The monoisotopic (exact) mass is 372 g/mol. The molecular formula is C22H20N4O2. The van der Waals surface area contributed by atoms with Gasteiger partial charge >= 0.3 is 0 Å². The van der Waals surface area contributed by atoms with Crippen molar-refractivity contribution in [3.63, 3.8) is 0 Å². The Morgan fingerprint density at radius 3 is 2.61 bits per heavy atom. The number of hydrogen-bond acceptors (Lipinski definition) is 5. The zero-order chi connectivity index (χ0) is 19.5. The maximum atomic E-state index is 9.66. The van der Waals surface area contributed by atoms with E-state index in [9.17, 15) is 5.26 Å². The molecule has 0 amide bonds. The van der Waals surface area contributed by atoms with Crippen molar-refractivity contribution in [2.45, 2.75) is 25.9 Å². The topological polar surface area (TPSA) is 97.0 Å². The van der Waals surface area contributed by atoms with E-state index in [4.69, 9.17) is 15.2 Å². The van der Waals surface area contributed by atoms with Gasteiger partial charge in [-0.25, -0.2) is 0 Å². The summed E-state index contributed by atoms with van der Waals surface area (Å²) in [5.41, 5.74) is 10.2. The van der Waals surface area contributed by atoms with Crippen LogP contribution in [0.25, 0.3) is 0 Å². The van der Waals surface area contributed by atoms with E-state index in [2.05, 4.69) is 16.3 Å². The van der Waals surface area contributed by atoms with Gasteiger partial charge < -0.3 is 15.2 Å². The lowest BCUT2D eigenvalue weighted by atomic mass is 9.83. The van der Waals surface area contributed by atoms with Gasteiger partial charge in [-0.2, -0.15) is 5.26 Å². The van der Waals surface area contributed by atoms with Crippen LogP contribution in [0.4, 0.5) is 0 Å². The van der Waals surface area contributed by atoms with E-state index in [-0.39, 0.29) is 11.8 Å². The van der Waals surface area contributed by atoms with Crippen LogP contribution in [0, 0.1) is 11.3 Å². The number of aromatic amines is 1. The Balaban J connectivity index is 1.63. The molecule has 1 aliphatic heterocycles. The number of rotatable bonds is 5. The Bertz CT molecular complexity index is 1050. The van der Waals surface area contributed by atoms with E-state index in [1.54, 1.807) is 0 Å². The smallest absolute Gasteiger partial charge is 0.244 e. The van der Waals surface area contributed by atoms with Gasteiger partial charge in [-0.3, -0.25) is 5.10 Å². The Hall–Kier alpha value is -3.72. The molecule has 1 aromatic heterocycles. The SMILES string of the molecule is CCc1[nH]nc2c1[C@H](c1ccc(OCc3ccccc3)cc1)C(C#N)=C(N)O2. The Morgan fingerprint density at radius 1 is 1.18 bits per heavy atom. The molecule has 0 fully saturated rings. The number of fused-ring (bicyclic) bond motifs is 1. The molecule has 140 valence electrons. The first-order valence-electron chi connectivity index (χ1n) is 9.12. The van der Waals surface area contributed by atoms with Crippen LogP contribution in [0.2, 0.25) is 0 Å². The van der Waals surface area contributed by atoms with Crippen LogP contribution in [0.3, 0.4) is 0 Å². The number of ether oxygens (including phenoxy) is 2. The predicted molar refractivity (Wildman–Crippen MR) is 104 cm³/mol. The zero-order valence-electron chi connectivity index (χ0n) is 15.5. The van der Waals surface area contributed by atoms with Crippen molar-refractivity contribution in [3.05, 3.63) is 88.4 Å². The van der Waals surface area contributed by atoms with Gasteiger partial charge in [0.15, 0.2) is 0 Å². The molecule has 0 aliphatic carbocycles. The molecule has 6 heteroatoms. The summed E-state index contributed by atoms with van der Waals surface area (Å²) >= 11 is 0. The maximum Gasteiger partial charge on any atom is 0.244 e. The van der Waals surface area contributed by atoms with Gasteiger partial charge in [0, 0.05) is 11.3 Å². The highest BCUT2D eigenvalue weighted by molar-refractivity contribution is 5.55. The maximum absolute atomic E-state index is 9.66. The number of H-pyrrole nitrogens is 1. The molecule has 0 saturated carbocycles. The lowest BCUT2D eigenvalue weighted by Gasteiger charge is -2.24. The lowest BCUT2D eigenvalue weighted by molar-refractivity contribution is 0.306. The van der Waals surface area contributed by atoms with Crippen LogP contribution in [-0.2, 0) is 13.0 Å². The number of aromatic nitrogens is 2. The summed E-state index contributed by atoms with van der Waals surface area (Å²) in [6, 6.07) is 19.9. The average molecular weight is 372 g/mol. The van der Waals surface area contributed by atoms with Gasteiger partial charge in [0.1, 0.15) is 24.0 Å². The van der Waals surface area contributed by atoms with Crippen molar-refractivity contribution < 1.29 is 9.47 Å². The number of benzene rings is 2. The van der Waals surface area contributed by atoms with E-state index in [1.807, 2.05) is 61.5 Å². The van der Waals surface area contributed by atoms with E-state index < -0.39 is 0 Å². The molecule has 0 spiro atoms. The van der Waals surface area contributed by atoms with Crippen molar-refractivity contribution in [2.75, 3.05) is 0 Å². The minimum atomic E-state index is -0.314. The molecule has 2 heterocycles. The van der Waals surface area contributed by atoms with Crippen LogP contribution in [-0.4, -0.2) is 10.2 Å². The van der Waals surface area contributed by atoms with Crippen molar-refractivity contribution >= 4 is 0 Å². The number of nitriles is 1. The number of nitrogens with two attached hydrogens (primary N) is 1. The quantitative estimate of drug-likeness (QED) is 0.710. The number of allylic oxidation sites excluding steroid dienone is 1. The molecule has 0 saturated heterocycles. The number of hydrogen-bond donors (Lipinski definition) is 2. The molecule has 0 bridgehead atoms. The first-order valence-corrected chi connectivity index (χ1v) is 9.12. The van der Waals surface area contributed by atoms with Crippen LogP contribution in [0.15, 0.2) is 66.1 Å². The number of aryl methyl sites for hydroxylation is 1. The van der Waals surface area contributed by atoms with Gasteiger partial charge in [0.2, 0.25) is 11.8 Å². The first-order chi connectivity index (χ1) is 13.7. The zero-order valence-corrected chi connectivity index (χ0v) is 15.5. The highest BCUT2D eigenvalue weighted by atomic mass is 16.5. The molecule has 1 aliphatic rings. The van der Waals surface area contributed by atoms with Gasteiger partial charge in [0.25, 0.3) is 0 Å². The standard InChI is InChI=1S/C22H20N4O2/c1-2-18-20-19(17(12-23)21(24)28-22(20)26-25-18)15-8-10-16(11-9-15)27-13-14-6-4-3-5-7-14/h3-11,19H,2,13,24H2,1H3,(H,25,26)/t19-/m1/s1. The lowest BCUT2D eigenvalue weighted by Crippen LogP contribution is -2.21. The minimum absolute atomic E-state index is 0.0959. The molecule has 1 atom stereocenters. The molecule has 3 N–H and O–H groups in total. The largest absolute Gasteiger partial charge is 0.489 e. The van der Waals surface area contributed by atoms with Gasteiger partial charge in [-0.15, -0.1) is 5.10 Å². The second kappa shape index (κ2) is 7.49. The van der Waals surface area contributed by atoms with E-state index in [1.165, 1.54) is 0 Å². The third-order valence-corrected chi connectivity index (χ3v) is 4.83. The fourth-order valence-electron chi connectivity index (χ4n) is 3.41. The van der Waals surface area contributed by atoms with Crippen molar-refractivity contribution in [3.8, 4) is 17.7 Å². The van der Waals surface area contributed by atoms with Crippen LogP contribution < -0.4 is 15.2 Å². The van der Waals surface area contributed by atoms with Gasteiger partial charge in [-0.05, 0) is 29.7 Å². The van der Waals surface area contributed by atoms with Crippen LogP contribution in [0.1, 0.15) is 35.2 Å². The molecule has 0 unspecified atom stereocenters. The fraction of sp³-hybridized carbons (Fsp3) is 0.182. The summed E-state index contributed by atoms with van der Waals surface area (Å²) in [4.78, 5) is 0. The highest BCUT2D eigenvalue weighted by Gasteiger charge is 2.34. The third-order valence-electron chi connectivity index (χ3n) is 4.83. The molecule has 28 heavy (non-hydrogen) atoms. The van der Waals surface area contributed by atoms with Gasteiger partial charge in [0.05, 0.1) is 5.92 Å². The first kappa shape index (κ1) is 17.7. The summed E-state index contributed by atoms with van der Waals surface area (Å²) in [5, 5.41) is 16.9. The highest BCUT2D eigenvalue weighted by Crippen LogP contribution is 2.43. The number of nitrogens with zero attached hydrogens (tertiary/aromatic N) is 2. The summed E-state index contributed by atoms with van der Waals surface area (Å²) in [5.74, 6) is 0.977. The minimum Gasteiger partial charge on any atom is -0.489 e. The summed E-state index contributed by atoms with van der Waals surface area (Å²) < 4.78 is 11.4. The molecule has 4 rings (SSSR count). The third kappa shape index (κ3) is 3.19. The number of nitrogens with one attached hydrogen (secondary N) is 1. The summed E-state index contributed by atoms with van der Waals surface area (Å²) in [6.07, 6.45) is 0.749. The van der Waals surface area contributed by atoms with Gasteiger partial charge in [-0.1, -0.05) is 49.4 Å². The normalized spacial score (nSPS) is 15.5. The van der Waals surface area contributed by atoms with E-state index in [0.717, 1.165) is 34.6 Å². The summed E-state index contributed by atoms with van der Waals surface area (Å²) in [6.45, 7) is 2.53. The van der Waals surface area contributed by atoms with Crippen molar-refractivity contribution in [2.24, 2.45) is 5.73 Å².